The molecule has 0 heterocycles. The third-order valence-electron chi connectivity index (χ3n) is 1.24. The van der Waals surface area contributed by atoms with Crippen molar-refractivity contribution in [3.8, 4) is 0 Å². The quantitative estimate of drug-likeness (QED) is 0.545. The van der Waals surface area contributed by atoms with E-state index in [4.69, 9.17) is 28.3 Å². The molecule has 1 aromatic carbocycles. The Balaban J connectivity index is 0. The number of carboxylic acid groups (broad SMARTS) is 1. The fourth-order valence-corrected chi connectivity index (χ4v) is 1.15. The van der Waals surface area contributed by atoms with Crippen molar-refractivity contribution in [1.82, 2.24) is 0 Å². The average Bonchev–Trinajstić information content (AvgIpc) is 1.96. The van der Waals surface area contributed by atoms with Gasteiger partial charge in [-0.05, 0) is 12.1 Å². The summed E-state index contributed by atoms with van der Waals surface area (Å²) in [6.45, 7) is 0. The SMILES string of the molecule is O=C(O)c1cc(F)c(Cl)cc1Cl.[H-].[Na+]. The van der Waals surface area contributed by atoms with Crippen LogP contribution in [0.4, 0.5) is 4.39 Å². The molecule has 0 saturated heterocycles. The van der Waals surface area contributed by atoms with E-state index in [1.165, 1.54) is 0 Å². The van der Waals surface area contributed by atoms with Crippen molar-refractivity contribution in [2.24, 2.45) is 0 Å². The van der Waals surface area contributed by atoms with E-state index in [1.807, 2.05) is 0 Å². The van der Waals surface area contributed by atoms with Crippen molar-refractivity contribution in [1.29, 1.82) is 0 Å². The molecule has 1 N–H and O–H groups in total. The molecule has 66 valence electrons. The first-order valence-corrected chi connectivity index (χ1v) is 3.66. The van der Waals surface area contributed by atoms with Gasteiger partial charge in [0.15, 0.2) is 0 Å². The summed E-state index contributed by atoms with van der Waals surface area (Å²) in [6.07, 6.45) is 0. The summed E-state index contributed by atoms with van der Waals surface area (Å²) in [6, 6.07) is 1.84. The molecule has 1 rings (SSSR count). The molecule has 0 aliphatic rings. The van der Waals surface area contributed by atoms with Crippen molar-refractivity contribution >= 4 is 29.2 Å². The van der Waals surface area contributed by atoms with Crippen LogP contribution in [0.15, 0.2) is 12.1 Å². The van der Waals surface area contributed by atoms with Gasteiger partial charge in [-0.1, -0.05) is 23.2 Å². The smallest absolute Gasteiger partial charge is 1.00 e. The minimum absolute atomic E-state index is 0. The van der Waals surface area contributed by atoms with Gasteiger partial charge in [-0.25, -0.2) is 9.18 Å². The zero-order valence-electron chi connectivity index (χ0n) is 7.64. The first kappa shape index (κ1) is 13.2. The Morgan fingerprint density at radius 3 is 2.38 bits per heavy atom. The molecule has 0 atom stereocenters. The molecule has 2 nitrogen and oxygen atoms in total. The van der Waals surface area contributed by atoms with Gasteiger partial charge in [0.2, 0.25) is 0 Å². The summed E-state index contributed by atoms with van der Waals surface area (Å²) in [4.78, 5) is 10.4. The van der Waals surface area contributed by atoms with Crippen molar-refractivity contribution in [3.05, 3.63) is 33.6 Å². The molecule has 0 aromatic heterocycles. The van der Waals surface area contributed by atoms with Crippen molar-refractivity contribution < 1.29 is 45.3 Å². The molecule has 13 heavy (non-hydrogen) atoms. The Kier molecular flexibility index (Phi) is 5.25. The van der Waals surface area contributed by atoms with Gasteiger partial charge in [0, 0.05) is 0 Å². The molecule has 0 aliphatic carbocycles. The van der Waals surface area contributed by atoms with E-state index in [-0.39, 0.29) is 46.6 Å². The van der Waals surface area contributed by atoms with Crippen LogP contribution in [0.1, 0.15) is 11.8 Å². The van der Waals surface area contributed by atoms with Crippen LogP contribution in [0, 0.1) is 5.82 Å². The van der Waals surface area contributed by atoms with Gasteiger partial charge >= 0.3 is 35.5 Å². The number of halogens is 3. The van der Waals surface area contributed by atoms with Crippen LogP contribution in [-0.2, 0) is 0 Å². The van der Waals surface area contributed by atoms with Gasteiger partial charge in [-0.3, -0.25) is 0 Å². The first-order chi connectivity index (χ1) is 5.52. The van der Waals surface area contributed by atoms with Crippen LogP contribution in [0.5, 0.6) is 0 Å². The normalized spacial score (nSPS) is 9.15. The minimum Gasteiger partial charge on any atom is -1.00 e. The van der Waals surface area contributed by atoms with Crippen LogP contribution in [-0.4, -0.2) is 11.1 Å². The zero-order valence-corrected chi connectivity index (χ0v) is 10.2. The summed E-state index contributed by atoms with van der Waals surface area (Å²) in [5.74, 6) is -2.07. The molecular formula is C7H4Cl2FNaO2. The van der Waals surface area contributed by atoms with Crippen molar-refractivity contribution in [2.75, 3.05) is 0 Å². The molecule has 0 unspecified atom stereocenters. The number of rotatable bonds is 1. The summed E-state index contributed by atoms with van der Waals surface area (Å²) < 4.78 is 12.7. The molecule has 0 radical (unpaired) electrons. The van der Waals surface area contributed by atoms with Gasteiger partial charge in [0.1, 0.15) is 5.82 Å². The Morgan fingerprint density at radius 2 is 1.92 bits per heavy atom. The number of benzene rings is 1. The molecule has 0 spiro atoms. The maximum absolute atomic E-state index is 12.7. The summed E-state index contributed by atoms with van der Waals surface area (Å²) >= 11 is 10.8. The van der Waals surface area contributed by atoms with Gasteiger partial charge in [0.05, 0.1) is 15.6 Å². The van der Waals surface area contributed by atoms with Crippen molar-refractivity contribution in [2.45, 2.75) is 0 Å². The van der Waals surface area contributed by atoms with Crippen molar-refractivity contribution in [3.63, 3.8) is 0 Å². The third kappa shape index (κ3) is 3.11. The molecule has 0 amide bonds. The summed E-state index contributed by atoms with van der Waals surface area (Å²) in [5.41, 5.74) is -0.293. The van der Waals surface area contributed by atoms with Gasteiger partial charge in [-0.2, -0.15) is 0 Å². The van der Waals surface area contributed by atoms with E-state index < -0.39 is 11.8 Å². The third-order valence-corrected chi connectivity index (χ3v) is 1.84. The second-order valence-corrected chi connectivity index (χ2v) is 2.87. The van der Waals surface area contributed by atoms with Crippen LogP contribution in [0.2, 0.25) is 10.0 Å². The van der Waals surface area contributed by atoms with E-state index in [2.05, 4.69) is 0 Å². The monoisotopic (exact) mass is 232 g/mol. The topological polar surface area (TPSA) is 37.3 Å². The largest absolute Gasteiger partial charge is 1.00 e. The number of carbonyl (C=O) groups is 1. The minimum atomic E-state index is -1.28. The molecule has 0 bridgehead atoms. The molecular weight excluding hydrogens is 229 g/mol. The molecule has 6 heteroatoms. The van der Waals surface area contributed by atoms with Crippen LogP contribution in [0.25, 0.3) is 0 Å². The predicted octanol–water partition coefficient (Wildman–Crippen LogP) is -0.0528. The standard InChI is InChI=1S/C7H3Cl2FO2.Na.H/c8-4-2-5(9)6(10)1-3(4)7(11)12;;/h1-2H,(H,11,12);;/q;+1;-1. The Hall–Kier alpha value is 0.200. The molecule has 0 aliphatic heterocycles. The Morgan fingerprint density at radius 1 is 1.38 bits per heavy atom. The van der Waals surface area contributed by atoms with E-state index in [0.717, 1.165) is 12.1 Å². The fourth-order valence-electron chi connectivity index (χ4n) is 0.686. The first-order valence-electron chi connectivity index (χ1n) is 2.90. The maximum Gasteiger partial charge on any atom is 1.00 e. The van der Waals surface area contributed by atoms with Gasteiger partial charge < -0.3 is 6.53 Å². The van der Waals surface area contributed by atoms with E-state index >= 15 is 0 Å². The molecule has 0 fully saturated rings. The number of hydrogen-bond acceptors (Lipinski definition) is 1. The Labute approximate surface area is 107 Å². The molecule has 1 aromatic rings. The fraction of sp³-hybridized carbons (Fsp3) is 0. The summed E-state index contributed by atoms with van der Waals surface area (Å²) in [7, 11) is 0. The Bertz CT molecular complexity index is 349. The van der Waals surface area contributed by atoms with E-state index in [9.17, 15) is 9.18 Å². The molecule has 0 saturated carbocycles. The van der Waals surface area contributed by atoms with Gasteiger partial charge in [-0.15, -0.1) is 0 Å². The van der Waals surface area contributed by atoms with E-state index in [0.29, 0.717) is 0 Å². The van der Waals surface area contributed by atoms with Crippen LogP contribution >= 0.6 is 23.2 Å². The van der Waals surface area contributed by atoms with E-state index in [1.54, 1.807) is 0 Å². The maximum atomic E-state index is 12.7. The number of aromatic carboxylic acids is 1. The number of carboxylic acids is 1. The van der Waals surface area contributed by atoms with Crippen LogP contribution < -0.4 is 29.6 Å². The predicted molar refractivity (Wildman–Crippen MR) is 44.5 cm³/mol. The summed E-state index contributed by atoms with van der Waals surface area (Å²) in [5, 5.41) is 8.22. The average molecular weight is 233 g/mol. The number of hydrogen-bond donors (Lipinski definition) is 1. The second-order valence-electron chi connectivity index (χ2n) is 2.05. The van der Waals surface area contributed by atoms with Gasteiger partial charge in [0.25, 0.3) is 0 Å². The second kappa shape index (κ2) is 5.17. The van der Waals surface area contributed by atoms with Crippen LogP contribution in [0.3, 0.4) is 0 Å². The zero-order chi connectivity index (χ0) is 9.30.